The molecule has 8 heteroatoms. The van der Waals surface area contributed by atoms with Crippen molar-refractivity contribution in [3.63, 3.8) is 0 Å². The zero-order valence-corrected chi connectivity index (χ0v) is 16.5. The Hall–Kier alpha value is -2.12. The number of methoxy groups -OCH3 is 1. The minimum absolute atomic E-state index is 0.0546. The molecule has 0 amide bonds. The minimum atomic E-state index is -0.736. The van der Waals surface area contributed by atoms with Gasteiger partial charge in [0.2, 0.25) is 5.43 Å². The number of pyridine rings is 1. The maximum absolute atomic E-state index is 15.1. The van der Waals surface area contributed by atoms with Gasteiger partial charge in [-0.15, -0.1) is 0 Å². The molecule has 2 fully saturated rings. The number of hydrogen-bond acceptors (Lipinski definition) is 5. The van der Waals surface area contributed by atoms with Crippen LogP contribution in [0.3, 0.4) is 0 Å². The van der Waals surface area contributed by atoms with Gasteiger partial charge >= 0.3 is 5.97 Å². The van der Waals surface area contributed by atoms with Crippen molar-refractivity contribution >= 4 is 34.2 Å². The van der Waals surface area contributed by atoms with E-state index in [1.165, 1.54) is 19.4 Å². The lowest BCUT2D eigenvalue weighted by atomic mass is 10.1. The molecule has 1 unspecified atom stereocenters. The van der Waals surface area contributed by atoms with Gasteiger partial charge in [0.1, 0.15) is 11.4 Å². The lowest BCUT2D eigenvalue weighted by molar-refractivity contribution is 0.0598. The molecule has 0 spiro atoms. The molecule has 150 valence electrons. The maximum atomic E-state index is 15.1. The second kappa shape index (κ2) is 7.37. The number of esters is 1. The average molecular weight is 408 g/mol. The van der Waals surface area contributed by atoms with Gasteiger partial charge in [-0.3, -0.25) is 4.79 Å². The van der Waals surface area contributed by atoms with E-state index in [1.807, 2.05) is 9.47 Å². The predicted molar refractivity (Wildman–Crippen MR) is 107 cm³/mol. The van der Waals surface area contributed by atoms with Crippen molar-refractivity contribution in [1.82, 2.24) is 4.57 Å². The number of fused-ring (bicyclic) bond motifs is 1. The van der Waals surface area contributed by atoms with Crippen LogP contribution in [0.25, 0.3) is 10.9 Å². The van der Waals surface area contributed by atoms with E-state index >= 15 is 4.39 Å². The first-order valence-electron chi connectivity index (χ1n) is 9.58. The van der Waals surface area contributed by atoms with Gasteiger partial charge in [0.15, 0.2) is 0 Å². The number of carbonyl (C=O) groups excluding carboxylic acids is 1. The van der Waals surface area contributed by atoms with Gasteiger partial charge in [-0.1, -0.05) is 18.0 Å². The summed E-state index contributed by atoms with van der Waals surface area (Å²) in [5, 5.41) is 0.296. The number of rotatable bonds is 3. The zero-order chi connectivity index (χ0) is 20.0. The van der Waals surface area contributed by atoms with Crippen LogP contribution >= 0.6 is 11.6 Å². The molecule has 4 rings (SSSR count). The smallest absolute Gasteiger partial charge is 0.343 e. The lowest BCUT2D eigenvalue weighted by Gasteiger charge is -2.27. The number of hydrogen-bond donors (Lipinski definition) is 1. The quantitative estimate of drug-likeness (QED) is 0.790. The van der Waals surface area contributed by atoms with E-state index in [0.717, 1.165) is 32.1 Å². The van der Waals surface area contributed by atoms with Crippen molar-refractivity contribution in [2.45, 2.75) is 44.2 Å². The molecule has 1 aliphatic carbocycles. The van der Waals surface area contributed by atoms with Crippen LogP contribution < -0.4 is 16.1 Å². The zero-order valence-electron chi connectivity index (χ0n) is 15.7. The predicted octanol–water partition coefficient (Wildman–Crippen LogP) is 3.23. The second-order valence-corrected chi connectivity index (χ2v) is 8.00. The van der Waals surface area contributed by atoms with Crippen LogP contribution in [-0.4, -0.2) is 36.8 Å². The van der Waals surface area contributed by atoms with Gasteiger partial charge in [0.25, 0.3) is 0 Å². The molecular weight excluding hydrogens is 385 g/mol. The Bertz CT molecular complexity index is 1000. The van der Waals surface area contributed by atoms with E-state index in [-0.39, 0.29) is 33.7 Å². The van der Waals surface area contributed by atoms with Crippen molar-refractivity contribution in [1.29, 1.82) is 0 Å². The third kappa shape index (κ3) is 3.26. The second-order valence-electron chi connectivity index (χ2n) is 7.62. The summed E-state index contributed by atoms with van der Waals surface area (Å²) < 4.78 is 21.7. The molecule has 1 aromatic heterocycles. The maximum Gasteiger partial charge on any atom is 0.343 e. The van der Waals surface area contributed by atoms with E-state index in [9.17, 15) is 9.59 Å². The minimum Gasteiger partial charge on any atom is -0.465 e. The van der Waals surface area contributed by atoms with Crippen LogP contribution in [0, 0.1) is 5.82 Å². The molecule has 1 aliphatic heterocycles. The van der Waals surface area contributed by atoms with E-state index in [1.54, 1.807) is 0 Å². The van der Waals surface area contributed by atoms with Gasteiger partial charge in [0, 0.05) is 31.4 Å². The van der Waals surface area contributed by atoms with Crippen LogP contribution in [0.2, 0.25) is 5.02 Å². The molecule has 0 bridgehead atoms. The number of anilines is 1. The SMILES string of the molecule is COC(=O)c1cn(C2CC2)c2c(Cl)c(N3CCCCC(N)C3)c(F)cc2c1=O. The molecule has 2 N–H and O–H groups in total. The standard InChI is InChI=1S/C20H23ClFN3O3/c1-28-20(27)14-10-25(12-5-6-12)17-13(19(14)26)8-15(22)18(16(17)21)24-7-3-2-4-11(23)9-24/h8,10-12H,2-7,9,23H2,1H3. The molecule has 1 aromatic carbocycles. The molecular formula is C20H23ClFN3O3. The normalized spacial score (nSPS) is 20.3. The highest BCUT2D eigenvalue weighted by Gasteiger charge is 2.31. The highest BCUT2D eigenvalue weighted by molar-refractivity contribution is 6.38. The third-order valence-corrected chi connectivity index (χ3v) is 5.91. The van der Waals surface area contributed by atoms with Crippen molar-refractivity contribution < 1.29 is 13.9 Å². The molecule has 6 nitrogen and oxygen atoms in total. The molecule has 2 aromatic rings. The van der Waals surface area contributed by atoms with Gasteiger partial charge in [-0.2, -0.15) is 0 Å². The number of nitrogens with two attached hydrogens (primary N) is 1. The molecule has 0 radical (unpaired) electrons. The average Bonchev–Trinajstić information content (AvgIpc) is 3.50. The summed E-state index contributed by atoms with van der Waals surface area (Å²) >= 11 is 6.70. The van der Waals surface area contributed by atoms with Crippen LogP contribution in [0.5, 0.6) is 0 Å². The summed E-state index contributed by atoms with van der Waals surface area (Å²) in [6, 6.07) is 1.27. The summed E-state index contributed by atoms with van der Waals surface area (Å²) in [5.74, 6) is -1.31. The number of ether oxygens (including phenoxy) is 1. The first-order chi connectivity index (χ1) is 13.4. The Morgan fingerprint density at radius 1 is 1.32 bits per heavy atom. The number of aromatic nitrogens is 1. The van der Waals surface area contributed by atoms with Crippen LogP contribution in [0.4, 0.5) is 10.1 Å². The van der Waals surface area contributed by atoms with Crippen molar-refractivity contribution in [2.75, 3.05) is 25.1 Å². The van der Waals surface area contributed by atoms with Crippen molar-refractivity contribution in [3.05, 3.63) is 38.9 Å². The van der Waals surface area contributed by atoms with E-state index in [2.05, 4.69) is 0 Å². The van der Waals surface area contributed by atoms with Gasteiger partial charge in [0.05, 0.1) is 28.7 Å². The Morgan fingerprint density at radius 2 is 2.07 bits per heavy atom. The summed E-state index contributed by atoms with van der Waals surface area (Å²) in [7, 11) is 1.21. The van der Waals surface area contributed by atoms with E-state index in [0.29, 0.717) is 18.6 Å². The number of nitrogens with zero attached hydrogens (tertiary/aromatic N) is 2. The van der Waals surface area contributed by atoms with Crippen LogP contribution in [-0.2, 0) is 4.74 Å². The van der Waals surface area contributed by atoms with Crippen molar-refractivity contribution in [3.8, 4) is 0 Å². The Morgan fingerprint density at radius 3 is 2.75 bits per heavy atom. The van der Waals surface area contributed by atoms with Crippen LogP contribution in [0.15, 0.2) is 17.1 Å². The van der Waals surface area contributed by atoms with Crippen molar-refractivity contribution in [2.24, 2.45) is 5.73 Å². The first kappa shape index (κ1) is 19.2. The Labute approximate surface area is 167 Å². The van der Waals surface area contributed by atoms with Gasteiger partial charge < -0.3 is 19.9 Å². The fourth-order valence-electron chi connectivity index (χ4n) is 4.00. The van der Waals surface area contributed by atoms with Gasteiger partial charge in [-0.05, 0) is 31.7 Å². The summed E-state index contributed by atoms with van der Waals surface area (Å²) in [5.41, 5.74) is 6.21. The fourth-order valence-corrected chi connectivity index (χ4v) is 4.40. The highest BCUT2D eigenvalue weighted by atomic mass is 35.5. The number of carbonyl (C=O) groups is 1. The molecule has 2 aliphatic rings. The molecule has 1 atom stereocenters. The largest absolute Gasteiger partial charge is 0.465 e. The van der Waals surface area contributed by atoms with E-state index in [4.69, 9.17) is 22.1 Å². The monoisotopic (exact) mass is 407 g/mol. The molecule has 1 saturated carbocycles. The number of benzene rings is 1. The summed E-state index contributed by atoms with van der Waals surface area (Å²) in [4.78, 5) is 26.8. The fraction of sp³-hybridized carbons (Fsp3) is 0.500. The Kier molecular flexibility index (Phi) is 5.05. The number of halogens is 2. The molecule has 1 saturated heterocycles. The van der Waals surface area contributed by atoms with Crippen LogP contribution in [0.1, 0.15) is 48.5 Å². The van der Waals surface area contributed by atoms with E-state index < -0.39 is 17.2 Å². The Balaban J connectivity index is 1.96. The summed E-state index contributed by atoms with van der Waals surface area (Å²) in [6.07, 6.45) is 6.10. The topological polar surface area (TPSA) is 77.6 Å². The molecule has 28 heavy (non-hydrogen) atoms. The highest BCUT2D eigenvalue weighted by Crippen LogP contribution is 2.42. The molecule has 2 heterocycles. The lowest BCUT2D eigenvalue weighted by Crippen LogP contribution is -2.36. The van der Waals surface area contributed by atoms with Gasteiger partial charge in [-0.25, -0.2) is 9.18 Å². The summed E-state index contributed by atoms with van der Waals surface area (Å²) in [6.45, 7) is 1.17. The third-order valence-electron chi connectivity index (χ3n) is 5.55. The first-order valence-corrected chi connectivity index (χ1v) is 9.95.